The van der Waals surface area contributed by atoms with Crippen molar-refractivity contribution >= 4 is 33.2 Å². The first-order valence-corrected chi connectivity index (χ1v) is 9.79. The fraction of sp³-hybridized carbons (Fsp3) is 0.222. The highest BCUT2D eigenvalue weighted by molar-refractivity contribution is 7.92. The first-order valence-electron chi connectivity index (χ1n) is 8.18. The Bertz CT molecular complexity index is 939. The van der Waals surface area contributed by atoms with E-state index in [0.29, 0.717) is 35.5 Å². The number of benzene rings is 2. The van der Waals surface area contributed by atoms with Crippen molar-refractivity contribution in [1.82, 2.24) is 0 Å². The second kappa shape index (κ2) is 7.17. The van der Waals surface area contributed by atoms with Crippen LogP contribution in [0.4, 0.5) is 11.4 Å². The molecule has 1 saturated heterocycles. The largest absolute Gasteiger partial charge is 0.366 e. The molecule has 0 saturated carbocycles. The molecule has 2 aromatic carbocycles. The van der Waals surface area contributed by atoms with Crippen LogP contribution in [0.1, 0.15) is 33.6 Å². The Labute approximate surface area is 151 Å². The molecule has 1 aliphatic heterocycles. The van der Waals surface area contributed by atoms with Crippen LogP contribution in [-0.4, -0.2) is 32.5 Å². The molecule has 0 bridgehead atoms. The van der Waals surface area contributed by atoms with Crippen LogP contribution in [0, 0.1) is 0 Å². The molecule has 0 aromatic heterocycles. The Kier molecular flexibility index (Phi) is 4.94. The summed E-state index contributed by atoms with van der Waals surface area (Å²) in [5, 5.41) is 2.72. The van der Waals surface area contributed by atoms with Gasteiger partial charge < -0.3 is 11.1 Å². The Morgan fingerprint density at radius 2 is 1.73 bits per heavy atom. The molecule has 8 heteroatoms. The van der Waals surface area contributed by atoms with E-state index in [1.54, 1.807) is 36.4 Å². The first-order chi connectivity index (χ1) is 12.4. The third-order valence-corrected chi connectivity index (χ3v) is 6.04. The number of anilines is 2. The third kappa shape index (κ3) is 3.85. The van der Waals surface area contributed by atoms with Crippen LogP contribution in [-0.2, 0) is 10.0 Å². The molecule has 1 aliphatic rings. The van der Waals surface area contributed by atoms with Crippen LogP contribution in [0.25, 0.3) is 0 Å². The molecule has 136 valence electrons. The summed E-state index contributed by atoms with van der Waals surface area (Å²) in [4.78, 5) is 23.5. The van der Waals surface area contributed by atoms with E-state index in [4.69, 9.17) is 5.73 Å². The Morgan fingerprint density at radius 3 is 2.38 bits per heavy atom. The molecule has 0 aliphatic carbocycles. The van der Waals surface area contributed by atoms with E-state index >= 15 is 0 Å². The summed E-state index contributed by atoms with van der Waals surface area (Å²) in [7, 11) is -3.33. The van der Waals surface area contributed by atoms with Crippen LogP contribution in [0.15, 0.2) is 48.5 Å². The smallest absolute Gasteiger partial charge is 0.255 e. The number of nitrogens with one attached hydrogen (secondary N) is 1. The molecular formula is C18H19N3O4S. The standard InChI is InChI=1S/C18H19N3O4S/c19-17(22)13-6-8-15(9-7-13)20-18(23)14-4-3-5-16(12-14)21-10-1-2-11-26(21,24)25/h3-9,12H,1-2,10-11H2,(H2,19,22)(H,20,23). The lowest BCUT2D eigenvalue weighted by molar-refractivity contribution is 0.0998. The average molecular weight is 373 g/mol. The molecule has 2 aromatic rings. The lowest BCUT2D eigenvalue weighted by Crippen LogP contribution is -2.37. The van der Waals surface area contributed by atoms with Crippen LogP contribution >= 0.6 is 0 Å². The maximum atomic E-state index is 12.5. The van der Waals surface area contributed by atoms with Gasteiger partial charge in [0, 0.05) is 23.4 Å². The lowest BCUT2D eigenvalue weighted by atomic mass is 10.1. The monoisotopic (exact) mass is 373 g/mol. The van der Waals surface area contributed by atoms with E-state index < -0.39 is 15.9 Å². The molecule has 7 nitrogen and oxygen atoms in total. The molecule has 3 rings (SSSR count). The number of nitrogens with two attached hydrogens (primary N) is 1. The third-order valence-electron chi connectivity index (χ3n) is 4.17. The molecule has 2 amide bonds. The molecular weight excluding hydrogens is 354 g/mol. The van der Waals surface area contributed by atoms with Gasteiger partial charge in [-0.3, -0.25) is 13.9 Å². The first kappa shape index (κ1) is 17.9. The molecule has 0 radical (unpaired) electrons. The number of carbonyl (C=O) groups is 2. The zero-order chi connectivity index (χ0) is 18.7. The van der Waals surface area contributed by atoms with Gasteiger partial charge in [-0.2, -0.15) is 0 Å². The number of rotatable bonds is 4. The maximum Gasteiger partial charge on any atom is 0.255 e. The van der Waals surface area contributed by atoms with Gasteiger partial charge >= 0.3 is 0 Å². The van der Waals surface area contributed by atoms with Crippen LogP contribution in [0.3, 0.4) is 0 Å². The highest BCUT2D eigenvalue weighted by atomic mass is 32.2. The summed E-state index contributed by atoms with van der Waals surface area (Å²) in [5.41, 5.74) is 6.88. The van der Waals surface area contributed by atoms with E-state index in [2.05, 4.69) is 5.32 Å². The van der Waals surface area contributed by atoms with Gasteiger partial charge in [-0.25, -0.2) is 8.42 Å². The van der Waals surface area contributed by atoms with Crippen molar-refractivity contribution in [2.24, 2.45) is 5.73 Å². The minimum atomic E-state index is -3.33. The molecule has 0 unspecified atom stereocenters. The van der Waals surface area contributed by atoms with Crippen molar-refractivity contribution < 1.29 is 18.0 Å². The highest BCUT2D eigenvalue weighted by Crippen LogP contribution is 2.24. The fourth-order valence-corrected chi connectivity index (χ4v) is 4.43. The predicted molar refractivity (Wildman–Crippen MR) is 99.7 cm³/mol. The van der Waals surface area contributed by atoms with Gasteiger partial charge in [0.25, 0.3) is 5.91 Å². The molecule has 0 atom stereocenters. The van der Waals surface area contributed by atoms with Gasteiger partial charge in [0.2, 0.25) is 15.9 Å². The average Bonchev–Trinajstić information content (AvgIpc) is 2.62. The van der Waals surface area contributed by atoms with Crippen molar-refractivity contribution in [3.8, 4) is 0 Å². The van der Waals surface area contributed by atoms with Crippen LogP contribution in [0.5, 0.6) is 0 Å². The van der Waals surface area contributed by atoms with E-state index in [1.807, 2.05) is 0 Å². The summed E-state index contributed by atoms with van der Waals surface area (Å²) in [6.45, 7) is 0.419. The predicted octanol–water partition coefficient (Wildman–Crippen LogP) is 1.97. The van der Waals surface area contributed by atoms with E-state index in [1.165, 1.54) is 16.4 Å². The van der Waals surface area contributed by atoms with Crippen LogP contribution < -0.4 is 15.4 Å². The molecule has 0 spiro atoms. The molecule has 1 fully saturated rings. The van der Waals surface area contributed by atoms with Gasteiger partial charge in [-0.1, -0.05) is 6.07 Å². The summed E-state index contributed by atoms with van der Waals surface area (Å²) in [5.74, 6) is -0.790. The highest BCUT2D eigenvalue weighted by Gasteiger charge is 2.26. The zero-order valence-electron chi connectivity index (χ0n) is 14.0. The van der Waals surface area contributed by atoms with Crippen LogP contribution in [0.2, 0.25) is 0 Å². The number of nitrogens with zero attached hydrogens (tertiary/aromatic N) is 1. The quantitative estimate of drug-likeness (QED) is 0.854. The normalized spacial score (nSPS) is 16.1. The van der Waals surface area contributed by atoms with E-state index in [-0.39, 0.29) is 11.7 Å². The van der Waals surface area contributed by atoms with Gasteiger partial charge in [0.1, 0.15) is 0 Å². The van der Waals surface area contributed by atoms with Crippen molar-refractivity contribution in [3.63, 3.8) is 0 Å². The number of sulfonamides is 1. The minimum Gasteiger partial charge on any atom is -0.366 e. The fourth-order valence-electron chi connectivity index (χ4n) is 2.80. The summed E-state index contributed by atoms with van der Waals surface area (Å²) >= 11 is 0. The Hall–Kier alpha value is -2.87. The van der Waals surface area contributed by atoms with Gasteiger partial charge in [0.05, 0.1) is 11.4 Å². The topological polar surface area (TPSA) is 110 Å². The summed E-state index contributed by atoms with van der Waals surface area (Å²) in [6.07, 6.45) is 1.45. The molecule has 3 N–H and O–H groups in total. The maximum absolute atomic E-state index is 12.5. The van der Waals surface area contributed by atoms with Crippen molar-refractivity contribution in [3.05, 3.63) is 59.7 Å². The van der Waals surface area contributed by atoms with E-state index in [0.717, 1.165) is 6.42 Å². The van der Waals surface area contributed by atoms with Crippen molar-refractivity contribution in [1.29, 1.82) is 0 Å². The van der Waals surface area contributed by atoms with Gasteiger partial charge in [0.15, 0.2) is 0 Å². The lowest BCUT2D eigenvalue weighted by Gasteiger charge is -2.28. The Balaban J connectivity index is 1.79. The zero-order valence-corrected chi connectivity index (χ0v) is 14.8. The Morgan fingerprint density at radius 1 is 1.00 bits per heavy atom. The number of amides is 2. The number of carbonyl (C=O) groups excluding carboxylic acids is 2. The van der Waals surface area contributed by atoms with Crippen molar-refractivity contribution in [2.75, 3.05) is 21.9 Å². The number of hydrogen-bond acceptors (Lipinski definition) is 4. The second-order valence-corrected chi connectivity index (χ2v) is 8.05. The summed E-state index contributed by atoms with van der Waals surface area (Å²) < 4.78 is 25.8. The molecule has 1 heterocycles. The summed E-state index contributed by atoms with van der Waals surface area (Å²) in [6, 6.07) is 12.7. The van der Waals surface area contributed by atoms with Gasteiger partial charge in [-0.05, 0) is 55.3 Å². The minimum absolute atomic E-state index is 0.121. The molecule has 26 heavy (non-hydrogen) atoms. The second-order valence-electron chi connectivity index (χ2n) is 6.04. The van der Waals surface area contributed by atoms with Crippen molar-refractivity contribution in [2.45, 2.75) is 12.8 Å². The van der Waals surface area contributed by atoms with E-state index in [9.17, 15) is 18.0 Å². The number of primary amides is 1. The number of hydrogen-bond donors (Lipinski definition) is 2. The van der Waals surface area contributed by atoms with Gasteiger partial charge in [-0.15, -0.1) is 0 Å². The SMILES string of the molecule is NC(=O)c1ccc(NC(=O)c2cccc(N3CCCCS3(=O)=O)c2)cc1.